The van der Waals surface area contributed by atoms with Crippen molar-refractivity contribution in [1.82, 2.24) is 4.72 Å². The van der Waals surface area contributed by atoms with E-state index in [4.69, 9.17) is 0 Å². The van der Waals surface area contributed by atoms with E-state index < -0.39 is 37.5 Å². The molecule has 0 amide bonds. The lowest BCUT2D eigenvalue weighted by Gasteiger charge is -2.18. The Balaban J connectivity index is 2.70. The standard InChI is InChI=1S/C20H32N2O6S/c1-3-4-5-6-7-8-9-10-13-17(16-20(23)28-2)21-29(26,27)19-15-12-11-14-18(19)22(24)25/h11-12,14-15,17,21H,3-10,13,16H2,1-2H3/t17-/m0/s1. The molecule has 0 aliphatic carbocycles. The van der Waals surface area contributed by atoms with Crippen molar-refractivity contribution in [2.75, 3.05) is 7.11 Å². The number of nitro groups is 1. The Morgan fingerprint density at radius 1 is 1.10 bits per heavy atom. The highest BCUT2D eigenvalue weighted by Gasteiger charge is 2.28. The van der Waals surface area contributed by atoms with E-state index in [0.29, 0.717) is 6.42 Å². The topological polar surface area (TPSA) is 116 Å². The zero-order valence-corrected chi connectivity index (χ0v) is 18.1. The van der Waals surface area contributed by atoms with Crippen molar-refractivity contribution in [3.63, 3.8) is 0 Å². The van der Waals surface area contributed by atoms with Crippen LogP contribution in [-0.4, -0.2) is 32.5 Å². The van der Waals surface area contributed by atoms with E-state index >= 15 is 0 Å². The second kappa shape index (κ2) is 13.3. The molecule has 0 radical (unpaired) electrons. The summed E-state index contributed by atoms with van der Waals surface area (Å²) in [6.07, 6.45) is 9.13. The Kier molecular flexibility index (Phi) is 11.5. The molecule has 0 heterocycles. The smallest absolute Gasteiger partial charge is 0.307 e. The summed E-state index contributed by atoms with van der Waals surface area (Å²) in [5.74, 6) is -0.528. The van der Waals surface area contributed by atoms with Crippen molar-refractivity contribution in [3.8, 4) is 0 Å². The van der Waals surface area contributed by atoms with Gasteiger partial charge in [-0.3, -0.25) is 14.9 Å². The molecule has 1 rings (SSSR count). The maximum absolute atomic E-state index is 12.7. The lowest BCUT2D eigenvalue weighted by Crippen LogP contribution is -2.37. The molecule has 0 aliphatic heterocycles. The molecule has 0 unspecified atom stereocenters. The molecule has 1 aromatic carbocycles. The first-order chi connectivity index (χ1) is 13.8. The van der Waals surface area contributed by atoms with Crippen LogP contribution in [-0.2, 0) is 19.6 Å². The van der Waals surface area contributed by atoms with Gasteiger partial charge in [0.25, 0.3) is 5.69 Å². The number of carbonyl (C=O) groups excluding carboxylic acids is 1. The van der Waals surface area contributed by atoms with Crippen LogP contribution in [0, 0.1) is 10.1 Å². The molecule has 1 N–H and O–H groups in total. The molecule has 0 spiro atoms. The van der Waals surface area contributed by atoms with Crippen LogP contribution in [0.4, 0.5) is 5.69 Å². The van der Waals surface area contributed by atoms with Crippen LogP contribution < -0.4 is 4.72 Å². The second-order valence-corrected chi connectivity index (χ2v) is 8.77. The molecule has 164 valence electrons. The normalized spacial score (nSPS) is 12.5. The first kappa shape index (κ1) is 25.0. The van der Waals surface area contributed by atoms with Crippen LogP contribution >= 0.6 is 0 Å². The van der Waals surface area contributed by atoms with Crippen LogP contribution in [0.2, 0.25) is 0 Å². The number of hydrogen-bond donors (Lipinski definition) is 1. The summed E-state index contributed by atoms with van der Waals surface area (Å²) in [7, 11) is -2.90. The van der Waals surface area contributed by atoms with Gasteiger partial charge in [0.15, 0.2) is 4.90 Å². The summed E-state index contributed by atoms with van der Waals surface area (Å²) in [4.78, 5) is 21.7. The van der Waals surface area contributed by atoms with E-state index in [2.05, 4.69) is 16.4 Å². The quantitative estimate of drug-likeness (QED) is 0.192. The van der Waals surface area contributed by atoms with Crippen LogP contribution in [0.1, 0.15) is 71.1 Å². The van der Waals surface area contributed by atoms with Crippen LogP contribution in [0.5, 0.6) is 0 Å². The third-order valence-corrected chi connectivity index (χ3v) is 6.29. The summed E-state index contributed by atoms with van der Waals surface area (Å²) in [5, 5.41) is 11.2. The number of nitro benzene ring substituents is 1. The first-order valence-electron chi connectivity index (χ1n) is 10.1. The highest BCUT2D eigenvalue weighted by molar-refractivity contribution is 7.89. The minimum absolute atomic E-state index is 0.118. The van der Waals surface area contributed by atoms with Gasteiger partial charge < -0.3 is 4.74 Å². The Morgan fingerprint density at radius 2 is 1.69 bits per heavy atom. The molecule has 0 saturated heterocycles. The van der Waals surface area contributed by atoms with Gasteiger partial charge in [0.1, 0.15) is 0 Å². The number of nitrogens with one attached hydrogen (secondary N) is 1. The van der Waals surface area contributed by atoms with Crippen molar-refractivity contribution in [1.29, 1.82) is 0 Å². The predicted molar refractivity (Wildman–Crippen MR) is 111 cm³/mol. The minimum Gasteiger partial charge on any atom is -0.469 e. The number of unbranched alkanes of at least 4 members (excludes halogenated alkanes) is 7. The average molecular weight is 429 g/mol. The number of methoxy groups -OCH3 is 1. The molecule has 1 atom stereocenters. The van der Waals surface area contributed by atoms with E-state index in [9.17, 15) is 23.3 Å². The second-order valence-electron chi connectivity index (χ2n) is 7.09. The van der Waals surface area contributed by atoms with Gasteiger partial charge in [-0.25, -0.2) is 13.1 Å². The van der Waals surface area contributed by atoms with Gasteiger partial charge in [-0.1, -0.05) is 70.4 Å². The summed E-state index contributed by atoms with van der Waals surface area (Å²) in [5.41, 5.74) is -0.496. The highest BCUT2D eigenvalue weighted by atomic mass is 32.2. The monoisotopic (exact) mass is 428 g/mol. The fourth-order valence-corrected chi connectivity index (χ4v) is 4.57. The lowest BCUT2D eigenvalue weighted by atomic mass is 10.0. The Labute approximate surface area is 173 Å². The minimum atomic E-state index is -4.15. The highest BCUT2D eigenvalue weighted by Crippen LogP contribution is 2.24. The zero-order chi connectivity index (χ0) is 21.7. The van der Waals surface area contributed by atoms with Gasteiger partial charge in [-0.15, -0.1) is 0 Å². The Hall–Kier alpha value is -2.00. The van der Waals surface area contributed by atoms with E-state index in [-0.39, 0.29) is 6.42 Å². The van der Waals surface area contributed by atoms with Crippen LogP contribution in [0.25, 0.3) is 0 Å². The van der Waals surface area contributed by atoms with Gasteiger partial charge in [0.2, 0.25) is 10.0 Å². The molecular weight excluding hydrogens is 396 g/mol. The predicted octanol–water partition coefficient (Wildman–Crippen LogP) is 4.34. The maximum Gasteiger partial charge on any atom is 0.307 e. The lowest BCUT2D eigenvalue weighted by molar-refractivity contribution is -0.387. The number of rotatable bonds is 15. The maximum atomic E-state index is 12.7. The SMILES string of the molecule is CCCCCCCCCC[C@@H](CC(=O)OC)NS(=O)(=O)c1ccccc1[N+](=O)[O-]. The summed E-state index contributed by atoms with van der Waals surface area (Å²) < 4.78 is 32.5. The molecule has 1 aromatic rings. The fourth-order valence-electron chi connectivity index (χ4n) is 3.13. The summed E-state index contributed by atoms with van der Waals surface area (Å²) >= 11 is 0. The molecule has 0 aromatic heterocycles. The van der Waals surface area contributed by atoms with Crippen molar-refractivity contribution in [3.05, 3.63) is 34.4 Å². The van der Waals surface area contributed by atoms with Crippen molar-refractivity contribution in [2.45, 2.75) is 82.1 Å². The number of hydrogen-bond acceptors (Lipinski definition) is 6. The van der Waals surface area contributed by atoms with E-state index in [1.807, 2.05) is 0 Å². The number of para-hydroxylation sites is 1. The van der Waals surface area contributed by atoms with Gasteiger partial charge >= 0.3 is 5.97 Å². The molecule has 8 nitrogen and oxygen atoms in total. The molecule has 29 heavy (non-hydrogen) atoms. The number of esters is 1. The average Bonchev–Trinajstić information content (AvgIpc) is 2.69. The number of carbonyl (C=O) groups is 1. The first-order valence-corrected chi connectivity index (χ1v) is 11.6. The third-order valence-electron chi connectivity index (χ3n) is 4.72. The fraction of sp³-hybridized carbons (Fsp3) is 0.650. The van der Waals surface area contributed by atoms with Crippen molar-refractivity contribution in [2.24, 2.45) is 0 Å². The van der Waals surface area contributed by atoms with E-state index in [0.717, 1.165) is 31.7 Å². The Morgan fingerprint density at radius 3 is 2.28 bits per heavy atom. The van der Waals surface area contributed by atoms with Gasteiger partial charge in [0, 0.05) is 12.1 Å². The zero-order valence-electron chi connectivity index (χ0n) is 17.3. The number of nitrogens with zero attached hydrogens (tertiary/aromatic N) is 1. The van der Waals surface area contributed by atoms with Crippen molar-refractivity contribution < 1.29 is 22.9 Å². The number of benzene rings is 1. The van der Waals surface area contributed by atoms with Crippen molar-refractivity contribution >= 4 is 21.7 Å². The van der Waals surface area contributed by atoms with E-state index in [1.54, 1.807) is 0 Å². The number of sulfonamides is 1. The molecule has 0 bridgehead atoms. The van der Waals surface area contributed by atoms with Crippen LogP contribution in [0.3, 0.4) is 0 Å². The molecule has 0 aliphatic rings. The van der Waals surface area contributed by atoms with Gasteiger partial charge in [-0.2, -0.15) is 0 Å². The third kappa shape index (κ3) is 9.36. The van der Waals surface area contributed by atoms with Crippen LogP contribution in [0.15, 0.2) is 29.2 Å². The summed E-state index contributed by atoms with van der Waals surface area (Å²) in [6, 6.07) is 4.49. The molecular formula is C20H32N2O6S. The molecule has 0 fully saturated rings. The Bertz CT molecular complexity index is 751. The molecule has 0 saturated carbocycles. The number of ether oxygens (including phenoxy) is 1. The van der Waals surface area contributed by atoms with Gasteiger partial charge in [0.05, 0.1) is 18.5 Å². The van der Waals surface area contributed by atoms with Gasteiger partial charge in [-0.05, 0) is 12.5 Å². The molecule has 9 heteroatoms. The van der Waals surface area contributed by atoms with E-state index in [1.165, 1.54) is 51.0 Å². The summed E-state index contributed by atoms with van der Waals surface area (Å²) in [6.45, 7) is 2.17. The largest absolute Gasteiger partial charge is 0.469 e.